The first kappa shape index (κ1) is 16.2. The Morgan fingerprint density at radius 3 is 2.22 bits per heavy atom. The predicted octanol–water partition coefficient (Wildman–Crippen LogP) is 3.18. The number of carboxylic acids is 1. The molecule has 0 spiro atoms. The van der Waals surface area contributed by atoms with E-state index >= 15 is 0 Å². The van der Waals surface area contributed by atoms with Crippen molar-refractivity contribution in [3.05, 3.63) is 59.7 Å². The Labute approximate surface area is 133 Å². The number of hydrogen-bond acceptors (Lipinski definition) is 4. The minimum Gasteiger partial charge on any atom is -0.478 e. The quantitative estimate of drug-likeness (QED) is 0.584. The summed E-state index contributed by atoms with van der Waals surface area (Å²) in [6, 6.07) is 13.7. The van der Waals surface area contributed by atoms with Crippen LogP contribution in [0.4, 0.5) is 11.4 Å². The van der Waals surface area contributed by atoms with Gasteiger partial charge in [0.1, 0.15) is 0 Å². The lowest BCUT2D eigenvalue weighted by molar-refractivity contribution is -0.114. The Morgan fingerprint density at radius 2 is 1.57 bits per heavy atom. The van der Waals surface area contributed by atoms with Gasteiger partial charge in [0, 0.05) is 12.6 Å². The fraction of sp³-hybridized carbons (Fsp3) is 0.118. The molecule has 0 radical (unpaired) electrons. The summed E-state index contributed by atoms with van der Waals surface area (Å²) in [6.07, 6.45) is 0. The van der Waals surface area contributed by atoms with Crippen molar-refractivity contribution in [1.82, 2.24) is 0 Å². The highest BCUT2D eigenvalue weighted by atomic mass is 16.4. The van der Waals surface area contributed by atoms with E-state index in [0.29, 0.717) is 17.1 Å². The van der Waals surface area contributed by atoms with Gasteiger partial charge in [-0.15, -0.1) is 0 Å². The molecule has 0 aromatic heterocycles. The molecule has 0 aliphatic heterocycles. The predicted molar refractivity (Wildman–Crippen MR) is 90.0 cm³/mol. The normalized spacial score (nSPS) is 11.0. The van der Waals surface area contributed by atoms with Crippen LogP contribution in [-0.2, 0) is 4.79 Å². The van der Waals surface area contributed by atoms with Crippen molar-refractivity contribution in [2.24, 2.45) is 5.10 Å². The summed E-state index contributed by atoms with van der Waals surface area (Å²) in [4.78, 5) is 22.0. The SMILES string of the molecule is CC(=O)Nc1cccc(C(C)=NNc2cccc(C(=O)O)c2)c1. The molecule has 0 unspecified atom stereocenters. The molecular weight excluding hydrogens is 294 g/mol. The average Bonchev–Trinajstić information content (AvgIpc) is 2.52. The highest BCUT2D eigenvalue weighted by Crippen LogP contribution is 2.14. The van der Waals surface area contributed by atoms with E-state index in [0.717, 1.165) is 5.56 Å². The molecule has 0 aliphatic rings. The number of hydrazone groups is 1. The van der Waals surface area contributed by atoms with E-state index in [9.17, 15) is 9.59 Å². The van der Waals surface area contributed by atoms with Crippen LogP contribution in [0.5, 0.6) is 0 Å². The molecule has 3 N–H and O–H groups in total. The van der Waals surface area contributed by atoms with Gasteiger partial charge < -0.3 is 10.4 Å². The van der Waals surface area contributed by atoms with Crippen molar-refractivity contribution >= 4 is 29.0 Å². The van der Waals surface area contributed by atoms with Gasteiger partial charge in [0.25, 0.3) is 0 Å². The Kier molecular flexibility index (Phi) is 5.09. The summed E-state index contributed by atoms with van der Waals surface area (Å²) in [5.74, 6) is -1.13. The van der Waals surface area contributed by atoms with Gasteiger partial charge >= 0.3 is 5.97 Å². The zero-order valence-corrected chi connectivity index (χ0v) is 12.8. The summed E-state index contributed by atoms with van der Waals surface area (Å²) in [5.41, 5.74) is 5.86. The molecule has 2 aromatic rings. The first-order chi connectivity index (χ1) is 11.0. The van der Waals surface area contributed by atoms with Crippen LogP contribution in [0.2, 0.25) is 0 Å². The van der Waals surface area contributed by atoms with Crippen LogP contribution in [0.15, 0.2) is 53.6 Å². The average molecular weight is 311 g/mol. The third-order valence-corrected chi connectivity index (χ3v) is 3.06. The number of carbonyl (C=O) groups is 2. The molecule has 0 bridgehead atoms. The largest absolute Gasteiger partial charge is 0.478 e. The number of carbonyl (C=O) groups excluding carboxylic acids is 1. The molecule has 2 aromatic carbocycles. The zero-order chi connectivity index (χ0) is 16.8. The highest BCUT2D eigenvalue weighted by molar-refractivity contribution is 6.00. The van der Waals surface area contributed by atoms with E-state index < -0.39 is 5.97 Å². The molecule has 23 heavy (non-hydrogen) atoms. The number of amides is 1. The lowest BCUT2D eigenvalue weighted by Crippen LogP contribution is -2.07. The van der Waals surface area contributed by atoms with Crippen LogP contribution in [0.1, 0.15) is 29.8 Å². The molecule has 0 saturated heterocycles. The Bertz CT molecular complexity index is 769. The lowest BCUT2D eigenvalue weighted by atomic mass is 10.1. The van der Waals surface area contributed by atoms with Crippen molar-refractivity contribution in [3.63, 3.8) is 0 Å². The maximum absolute atomic E-state index is 11.1. The fourth-order valence-corrected chi connectivity index (χ4v) is 1.96. The second-order valence-electron chi connectivity index (χ2n) is 4.96. The van der Waals surface area contributed by atoms with E-state index in [2.05, 4.69) is 15.8 Å². The van der Waals surface area contributed by atoms with Crippen molar-refractivity contribution in [2.75, 3.05) is 10.7 Å². The number of anilines is 2. The number of carboxylic acid groups (broad SMARTS) is 1. The maximum Gasteiger partial charge on any atom is 0.335 e. The smallest absolute Gasteiger partial charge is 0.335 e. The number of rotatable bonds is 5. The first-order valence-corrected chi connectivity index (χ1v) is 6.97. The molecule has 6 nitrogen and oxygen atoms in total. The van der Waals surface area contributed by atoms with Gasteiger partial charge in [-0.05, 0) is 42.8 Å². The number of hydrogen-bond donors (Lipinski definition) is 3. The van der Waals surface area contributed by atoms with Gasteiger partial charge in [0.15, 0.2) is 0 Å². The minimum absolute atomic E-state index is 0.139. The standard InChI is InChI=1S/C17H17N3O3/c1-11(13-5-3-7-15(9-13)18-12(2)21)19-20-16-8-4-6-14(10-16)17(22)23/h3-10,20H,1-2H3,(H,18,21)(H,22,23). The van der Waals surface area contributed by atoms with E-state index in [1.807, 2.05) is 25.1 Å². The fourth-order valence-electron chi connectivity index (χ4n) is 1.96. The van der Waals surface area contributed by atoms with Gasteiger partial charge in [-0.3, -0.25) is 10.2 Å². The molecule has 0 fully saturated rings. The van der Waals surface area contributed by atoms with E-state index in [-0.39, 0.29) is 11.5 Å². The molecular formula is C17H17N3O3. The second-order valence-corrected chi connectivity index (χ2v) is 4.96. The Balaban J connectivity index is 2.15. The monoisotopic (exact) mass is 311 g/mol. The van der Waals surface area contributed by atoms with Crippen molar-refractivity contribution in [3.8, 4) is 0 Å². The van der Waals surface area contributed by atoms with Gasteiger partial charge in [-0.1, -0.05) is 18.2 Å². The number of aromatic carboxylic acids is 1. The van der Waals surface area contributed by atoms with Gasteiger partial charge in [0.2, 0.25) is 5.91 Å². The number of benzene rings is 2. The number of nitrogens with one attached hydrogen (secondary N) is 2. The van der Waals surface area contributed by atoms with Gasteiger partial charge in [-0.2, -0.15) is 5.10 Å². The van der Waals surface area contributed by atoms with Crippen molar-refractivity contribution in [2.45, 2.75) is 13.8 Å². The van der Waals surface area contributed by atoms with Crippen LogP contribution in [0.3, 0.4) is 0 Å². The summed E-state index contributed by atoms with van der Waals surface area (Å²) < 4.78 is 0. The Morgan fingerprint density at radius 1 is 0.957 bits per heavy atom. The maximum atomic E-state index is 11.1. The number of nitrogens with zero attached hydrogens (tertiary/aromatic N) is 1. The van der Waals surface area contributed by atoms with E-state index in [4.69, 9.17) is 5.11 Å². The summed E-state index contributed by atoms with van der Waals surface area (Å²) in [7, 11) is 0. The minimum atomic E-state index is -0.989. The molecule has 2 rings (SSSR count). The summed E-state index contributed by atoms with van der Waals surface area (Å²) >= 11 is 0. The van der Waals surface area contributed by atoms with E-state index in [1.165, 1.54) is 19.1 Å². The molecule has 1 amide bonds. The zero-order valence-electron chi connectivity index (χ0n) is 12.8. The highest BCUT2D eigenvalue weighted by Gasteiger charge is 2.04. The first-order valence-electron chi connectivity index (χ1n) is 6.97. The third-order valence-electron chi connectivity index (χ3n) is 3.06. The summed E-state index contributed by atoms with van der Waals surface area (Å²) in [6.45, 7) is 3.27. The van der Waals surface area contributed by atoms with Crippen LogP contribution in [-0.4, -0.2) is 22.7 Å². The van der Waals surface area contributed by atoms with Crippen LogP contribution in [0, 0.1) is 0 Å². The van der Waals surface area contributed by atoms with Crippen molar-refractivity contribution in [1.29, 1.82) is 0 Å². The molecule has 118 valence electrons. The topological polar surface area (TPSA) is 90.8 Å². The molecule has 0 saturated carbocycles. The summed E-state index contributed by atoms with van der Waals surface area (Å²) in [5, 5.41) is 15.9. The Hall–Kier alpha value is -3.15. The molecule has 0 aliphatic carbocycles. The second kappa shape index (κ2) is 7.22. The molecule has 6 heteroatoms. The van der Waals surface area contributed by atoms with Crippen LogP contribution in [0.25, 0.3) is 0 Å². The molecule has 0 heterocycles. The molecule has 0 atom stereocenters. The van der Waals surface area contributed by atoms with Crippen LogP contribution >= 0.6 is 0 Å². The van der Waals surface area contributed by atoms with Gasteiger partial charge in [-0.25, -0.2) is 4.79 Å². The lowest BCUT2D eigenvalue weighted by Gasteiger charge is -2.07. The van der Waals surface area contributed by atoms with Crippen molar-refractivity contribution < 1.29 is 14.7 Å². The van der Waals surface area contributed by atoms with Crippen LogP contribution < -0.4 is 10.7 Å². The van der Waals surface area contributed by atoms with Gasteiger partial charge in [0.05, 0.1) is 17.0 Å². The third kappa shape index (κ3) is 4.67. The van der Waals surface area contributed by atoms with E-state index in [1.54, 1.807) is 18.2 Å².